The smallest absolute Gasteiger partial charge is 0.870 e. The van der Waals surface area contributed by atoms with Crippen molar-refractivity contribution in [2.75, 3.05) is 13.2 Å². The van der Waals surface area contributed by atoms with Crippen LogP contribution in [-0.2, 0) is 29.1 Å². The van der Waals surface area contributed by atoms with E-state index >= 15 is 0 Å². The summed E-state index contributed by atoms with van der Waals surface area (Å²) in [5.41, 5.74) is 15.1. The molecule has 21 heteroatoms. The van der Waals surface area contributed by atoms with Crippen molar-refractivity contribution in [3.05, 3.63) is 250 Å². The second-order valence-corrected chi connectivity index (χ2v) is 17.5. The van der Waals surface area contributed by atoms with Crippen LogP contribution in [0.25, 0.3) is 17.1 Å². The molecule has 3 heterocycles. The predicted molar refractivity (Wildman–Crippen MR) is 302 cm³/mol. The summed E-state index contributed by atoms with van der Waals surface area (Å²) in [6, 6.07) is 53.7. The van der Waals surface area contributed by atoms with Gasteiger partial charge in [-0.2, -0.15) is 15.3 Å². The number of aryl methyl sites for hydroxylation is 3. The number of carbonyl (C=O) groups is 6. The fourth-order valence-electron chi connectivity index (χ4n) is 7.68. The number of nitrogens with two attached hydrogens (primary N) is 1. The first-order chi connectivity index (χ1) is 38.6. The van der Waals surface area contributed by atoms with Crippen molar-refractivity contribution in [1.29, 1.82) is 0 Å². The van der Waals surface area contributed by atoms with E-state index in [4.69, 9.17) is 20.3 Å². The molecular weight excluding hydrogens is 1040 g/mol. The van der Waals surface area contributed by atoms with E-state index in [1.165, 1.54) is 10.7 Å². The molecule has 82 heavy (non-hydrogen) atoms. The molecule has 3 aromatic heterocycles. The number of carboxylic acids is 2. The van der Waals surface area contributed by atoms with Gasteiger partial charge in [-0.3, -0.25) is 9.59 Å². The first kappa shape index (κ1) is 64.8. The minimum atomic E-state index is -1.04. The number of hydrogen-bond acceptors (Lipinski definition) is 13. The Labute approximate surface area is 486 Å². The molecular formula is C61H62LiN9O11. The first-order valence-electron chi connectivity index (χ1n) is 25.3. The van der Waals surface area contributed by atoms with Gasteiger partial charge in [-0.1, -0.05) is 91.0 Å². The zero-order valence-corrected chi connectivity index (χ0v) is 46.2. The molecule has 0 saturated carbocycles. The minimum absolute atomic E-state index is 0. The summed E-state index contributed by atoms with van der Waals surface area (Å²) in [5, 5.41) is 36.4. The largest absolute Gasteiger partial charge is 1.00 e. The fraction of sp³-hybridized carbons (Fsp3) is 0.164. The Balaban J connectivity index is 0.000000245. The van der Waals surface area contributed by atoms with Gasteiger partial charge in [-0.25, -0.2) is 33.2 Å². The second-order valence-electron chi connectivity index (χ2n) is 17.5. The molecule has 0 atom stereocenters. The Morgan fingerprint density at radius 1 is 0.451 bits per heavy atom. The van der Waals surface area contributed by atoms with Gasteiger partial charge in [0.25, 0.3) is 11.8 Å². The van der Waals surface area contributed by atoms with Crippen molar-refractivity contribution in [3.63, 3.8) is 0 Å². The number of aromatic carboxylic acids is 2. The number of nitrogens with one attached hydrogen (secondary N) is 2. The van der Waals surface area contributed by atoms with Crippen molar-refractivity contribution < 1.29 is 72.8 Å². The summed E-state index contributed by atoms with van der Waals surface area (Å²) in [6.07, 6.45) is 0. The molecule has 0 bridgehead atoms. The molecule has 9 rings (SSSR count). The van der Waals surface area contributed by atoms with Gasteiger partial charge < -0.3 is 41.5 Å². The van der Waals surface area contributed by atoms with E-state index in [0.717, 1.165) is 39.5 Å². The number of benzene rings is 6. The third-order valence-electron chi connectivity index (χ3n) is 11.4. The molecule has 418 valence electrons. The molecule has 0 aliphatic carbocycles. The van der Waals surface area contributed by atoms with Gasteiger partial charge in [0.2, 0.25) is 0 Å². The van der Waals surface area contributed by atoms with Crippen molar-refractivity contribution in [1.82, 2.24) is 40.0 Å². The number of nitrogens with zero attached hydrogens (tertiary/aromatic N) is 6. The summed E-state index contributed by atoms with van der Waals surface area (Å²) >= 11 is 0. The number of aromatic nitrogens is 6. The van der Waals surface area contributed by atoms with Crippen LogP contribution in [0.15, 0.2) is 182 Å². The molecule has 0 spiro atoms. The topological polar surface area (TPSA) is 295 Å². The first-order valence-corrected chi connectivity index (χ1v) is 25.3. The van der Waals surface area contributed by atoms with Crippen LogP contribution >= 0.6 is 0 Å². The molecule has 9 aromatic rings. The summed E-state index contributed by atoms with van der Waals surface area (Å²) in [5.74, 6) is -3.00. The number of carboxylic acid groups (broad SMARTS) is 2. The van der Waals surface area contributed by atoms with E-state index in [-0.39, 0.29) is 47.8 Å². The molecule has 0 radical (unpaired) electrons. The van der Waals surface area contributed by atoms with Gasteiger partial charge in [-0.15, -0.1) is 0 Å². The van der Waals surface area contributed by atoms with E-state index in [9.17, 15) is 33.9 Å². The Morgan fingerprint density at radius 3 is 1.11 bits per heavy atom. The predicted octanol–water partition coefficient (Wildman–Crippen LogP) is 6.12. The summed E-state index contributed by atoms with van der Waals surface area (Å²) < 4.78 is 14.7. The molecule has 20 nitrogen and oxygen atoms in total. The molecule has 0 aliphatic rings. The number of carbonyl (C=O) groups excluding carboxylic acids is 4. The van der Waals surface area contributed by atoms with E-state index in [1.807, 2.05) is 117 Å². The summed E-state index contributed by atoms with van der Waals surface area (Å²) in [4.78, 5) is 69.9. The zero-order chi connectivity index (χ0) is 57.6. The maximum absolute atomic E-state index is 12.2. The standard InChI is InChI=1S/C21H21N3O3.C19H17N3O3.C14H17N3O2.C7H6O2.Li.H2O/c1-3-27-21(26)19-12-15(2)23-24(19)18-11-7-8-16(13-18)14-22-20(25)17-9-5-4-6-10-17;1-13-10-17(19(24)25)22(21-13)16-9-5-6-14(11-16)12-20-18(23)15-7-3-2-4-8-15;1-3-19-14(18)13-7-10(2)16-17(13)12-6-4-5-11(8-12)9-15;8-7(9)6-4-2-1-3-5-6;;/h4-13H,3,14H2,1-2H3,(H,22,25);2-11H,12H2,1H3,(H,20,23)(H,24,25);4-8H,3,9,15H2,1-2H3;1-5H,(H,8,9);;1H2/q;;;;+1;/p-1. The molecule has 0 saturated heterocycles. The van der Waals surface area contributed by atoms with Crippen LogP contribution in [0.2, 0.25) is 0 Å². The van der Waals surface area contributed by atoms with E-state index in [0.29, 0.717) is 72.3 Å². The normalized spacial score (nSPS) is 10.0. The zero-order valence-electron chi connectivity index (χ0n) is 46.2. The van der Waals surface area contributed by atoms with Crippen molar-refractivity contribution in [2.24, 2.45) is 5.73 Å². The van der Waals surface area contributed by atoms with Gasteiger partial charge in [-0.05, 0) is 142 Å². The van der Waals surface area contributed by atoms with Crippen LogP contribution in [0.1, 0.15) is 110 Å². The summed E-state index contributed by atoms with van der Waals surface area (Å²) in [6.45, 7) is 10.7. The van der Waals surface area contributed by atoms with E-state index in [1.54, 1.807) is 103 Å². The van der Waals surface area contributed by atoms with Gasteiger partial charge in [0, 0.05) is 30.8 Å². The third kappa shape index (κ3) is 18.7. The van der Waals surface area contributed by atoms with Crippen molar-refractivity contribution >= 4 is 35.7 Å². The maximum atomic E-state index is 12.2. The molecule has 0 unspecified atom stereocenters. The van der Waals surface area contributed by atoms with Crippen LogP contribution in [0.3, 0.4) is 0 Å². The van der Waals surface area contributed by atoms with Crippen LogP contribution < -0.4 is 35.2 Å². The number of amides is 2. The van der Waals surface area contributed by atoms with Gasteiger partial charge in [0.15, 0.2) is 17.1 Å². The van der Waals surface area contributed by atoms with Crippen LogP contribution in [0, 0.1) is 20.8 Å². The van der Waals surface area contributed by atoms with Gasteiger partial charge in [0.05, 0.1) is 52.9 Å². The Kier molecular flexibility index (Phi) is 25.6. The van der Waals surface area contributed by atoms with Crippen LogP contribution in [-0.4, -0.2) is 93.9 Å². The third-order valence-corrected chi connectivity index (χ3v) is 11.4. The van der Waals surface area contributed by atoms with Gasteiger partial charge >= 0.3 is 42.7 Å². The molecule has 2 amide bonds. The van der Waals surface area contributed by atoms with Crippen molar-refractivity contribution in [3.8, 4) is 17.1 Å². The van der Waals surface area contributed by atoms with Gasteiger partial charge in [0.1, 0.15) is 0 Å². The molecule has 0 fully saturated rings. The Bertz CT molecular complexity index is 3550. The van der Waals surface area contributed by atoms with E-state index in [2.05, 4.69) is 25.9 Å². The minimum Gasteiger partial charge on any atom is -0.870 e. The maximum Gasteiger partial charge on any atom is 1.00 e. The van der Waals surface area contributed by atoms with E-state index < -0.39 is 17.9 Å². The number of esters is 2. The average Bonchev–Trinajstić information content (AvgIpc) is 4.22. The van der Waals surface area contributed by atoms with Crippen LogP contribution in [0.4, 0.5) is 0 Å². The Hall–Kier alpha value is -9.71. The number of ether oxygens (including phenoxy) is 2. The summed E-state index contributed by atoms with van der Waals surface area (Å²) in [7, 11) is 0. The molecule has 7 N–H and O–H groups in total. The van der Waals surface area contributed by atoms with Crippen LogP contribution in [0.5, 0.6) is 0 Å². The SMILES string of the molecule is CCOC(=O)c1cc(C)nn1-c1cccc(CN)c1.CCOC(=O)c1cc(C)nn1-c1cccc(CNC(=O)c2ccccc2)c1.Cc1cc(C(=O)O)n(-c2cccc(CNC(=O)c3ccccc3)c2)n1.O=C(O)c1ccccc1.[Li+].[OH-]. The number of hydrogen-bond donors (Lipinski definition) is 5. The monoisotopic (exact) mass is 1100 g/mol. The Morgan fingerprint density at radius 2 is 0.780 bits per heavy atom. The molecule has 0 aliphatic heterocycles. The molecule has 6 aromatic carbocycles. The van der Waals surface area contributed by atoms with Crippen molar-refractivity contribution in [2.45, 2.75) is 54.3 Å². The average molecular weight is 1100 g/mol. The quantitative estimate of drug-likeness (QED) is 0.0538. The number of rotatable bonds is 16. The second kappa shape index (κ2) is 32.4. The fourth-order valence-corrected chi connectivity index (χ4v) is 7.68.